The highest BCUT2D eigenvalue weighted by molar-refractivity contribution is 5.96. The molecule has 2 aromatic carbocycles. The van der Waals surface area contributed by atoms with Crippen molar-refractivity contribution in [1.29, 1.82) is 0 Å². The molecular weight excluding hydrogens is 409 g/mol. The molecule has 7 nitrogen and oxygen atoms in total. The number of para-hydroxylation sites is 2. The number of benzene rings is 2. The van der Waals surface area contributed by atoms with Gasteiger partial charge in [-0.05, 0) is 48.5 Å². The minimum Gasteiger partial charge on any atom is -0.340 e. The molecular formula is C24H20FN5O2. The van der Waals surface area contributed by atoms with Gasteiger partial charge in [-0.2, -0.15) is 0 Å². The predicted molar refractivity (Wildman–Crippen MR) is 116 cm³/mol. The predicted octanol–water partition coefficient (Wildman–Crippen LogP) is 3.44. The van der Waals surface area contributed by atoms with Gasteiger partial charge in [0.1, 0.15) is 17.7 Å². The topological polar surface area (TPSA) is 82.2 Å². The first-order chi connectivity index (χ1) is 15.6. The molecule has 5 rings (SSSR count). The lowest BCUT2D eigenvalue weighted by Crippen LogP contribution is -2.52. The van der Waals surface area contributed by atoms with Crippen molar-refractivity contribution < 1.29 is 14.0 Å². The Morgan fingerprint density at radius 1 is 0.938 bits per heavy atom. The molecule has 3 heterocycles. The Balaban J connectivity index is 1.48. The van der Waals surface area contributed by atoms with E-state index in [9.17, 15) is 14.0 Å². The minimum absolute atomic E-state index is 0.169. The van der Waals surface area contributed by atoms with Gasteiger partial charge in [-0.15, -0.1) is 0 Å². The third-order valence-corrected chi connectivity index (χ3v) is 5.65. The van der Waals surface area contributed by atoms with E-state index < -0.39 is 11.9 Å². The van der Waals surface area contributed by atoms with Gasteiger partial charge in [0, 0.05) is 37.6 Å². The van der Waals surface area contributed by atoms with Crippen molar-refractivity contribution in [3.05, 3.63) is 95.8 Å². The summed E-state index contributed by atoms with van der Waals surface area (Å²) in [5.41, 5.74) is 2.53. The molecule has 1 aliphatic rings. The highest BCUT2D eigenvalue weighted by Crippen LogP contribution is 2.28. The van der Waals surface area contributed by atoms with E-state index in [0.29, 0.717) is 30.0 Å². The molecule has 160 valence electrons. The quantitative estimate of drug-likeness (QED) is 0.541. The van der Waals surface area contributed by atoms with Gasteiger partial charge in [-0.25, -0.2) is 9.37 Å². The number of aromatic nitrogens is 3. The number of piperazine rings is 1. The Morgan fingerprint density at radius 3 is 2.50 bits per heavy atom. The second-order valence-corrected chi connectivity index (χ2v) is 7.65. The number of pyridine rings is 1. The van der Waals surface area contributed by atoms with E-state index in [1.54, 1.807) is 28.1 Å². The molecule has 2 aromatic heterocycles. The van der Waals surface area contributed by atoms with E-state index in [1.165, 1.54) is 30.5 Å². The van der Waals surface area contributed by atoms with Crippen molar-refractivity contribution in [2.24, 2.45) is 0 Å². The van der Waals surface area contributed by atoms with Gasteiger partial charge in [-0.1, -0.05) is 12.1 Å². The molecule has 1 N–H and O–H groups in total. The average molecular weight is 429 g/mol. The number of nitrogens with one attached hydrogen (secondary N) is 1. The Kier molecular flexibility index (Phi) is 5.10. The number of fused-ring (bicyclic) bond motifs is 1. The third kappa shape index (κ3) is 3.71. The van der Waals surface area contributed by atoms with E-state index in [2.05, 4.69) is 15.0 Å². The molecule has 4 aromatic rings. The Labute approximate surface area is 183 Å². The lowest BCUT2D eigenvalue weighted by atomic mass is 10.1. The summed E-state index contributed by atoms with van der Waals surface area (Å²) in [7, 11) is 0. The fourth-order valence-electron chi connectivity index (χ4n) is 4.00. The Bertz CT molecular complexity index is 1240. The minimum atomic E-state index is -0.465. The lowest BCUT2D eigenvalue weighted by Gasteiger charge is -2.40. The number of halogens is 1. The van der Waals surface area contributed by atoms with E-state index in [1.807, 2.05) is 24.3 Å². The number of carbonyl (C=O) groups excluding carboxylic acids is 2. The van der Waals surface area contributed by atoms with Crippen molar-refractivity contribution in [1.82, 2.24) is 24.8 Å². The first-order valence-electron chi connectivity index (χ1n) is 10.3. The summed E-state index contributed by atoms with van der Waals surface area (Å²) in [4.78, 5) is 41.8. The van der Waals surface area contributed by atoms with Crippen LogP contribution in [0.2, 0.25) is 0 Å². The summed E-state index contributed by atoms with van der Waals surface area (Å²) in [6.07, 6.45) is 3.15. The highest BCUT2D eigenvalue weighted by Gasteiger charge is 2.36. The molecule has 0 saturated carbocycles. The standard InChI is InChI=1S/C24H20FN5O2/c25-18-9-7-16(8-10-18)23(31)29-12-13-30(24(32)17-4-3-11-26-14-17)21(15-29)22-27-19-5-1-2-6-20(19)28-22/h1-11,14,21H,12-13,15H2,(H,27,28). The summed E-state index contributed by atoms with van der Waals surface area (Å²) in [6, 6.07) is 16.1. The van der Waals surface area contributed by atoms with Crippen LogP contribution in [0.25, 0.3) is 11.0 Å². The van der Waals surface area contributed by atoms with Gasteiger partial charge >= 0.3 is 0 Å². The number of H-pyrrole nitrogens is 1. The molecule has 1 aliphatic heterocycles. The molecule has 0 bridgehead atoms. The van der Waals surface area contributed by atoms with Gasteiger partial charge in [0.2, 0.25) is 0 Å². The molecule has 0 spiro atoms. The second-order valence-electron chi connectivity index (χ2n) is 7.65. The van der Waals surface area contributed by atoms with Gasteiger partial charge in [-0.3, -0.25) is 14.6 Å². The van der Waals surface area contributed by atoms with E-state index in [-0.39, 0.29) is 18.4 Å². The van der Waals surface area contributed by atoms with Crippen molar-refractivity contribution >= 4 is 22.8 Å². The maximum atomic E-state index is 13.3. The van der Waals surface area contributed by atoms with Crippen LogP contribution < -0.4 is 0 Å². The number of nitrogens with zero attached hydrogens (tertiary/aromatic N) is 4. The normalized spacial score (nSPS) is 16.3. The number of hydrogen-bond donors (Lipinski definition) is 1. The summed E-state index contributed by atoms with van der Waals surface area (Å²) < 4.78 is 13.3. The summed E-state index contributed by atoms with van der Waals surface area (Å²) >= 11 is 0. The fraction of sp³-hybridized carbons (Fsp3) is 0.167. The van der Waals surface area contributed by atoms with Crippen molar-refractivity contribution in [3.63, 3.8) is 0 Å². The van der Waals surface area contributed by atoms with Gasteiger partial charge in [0.05, 0.1) is 16.6 Å². The van der Waals surface area contributed by atoms with Gasteiger partial charge in [0.25, 0.3) is 11.8 Å². The van der Waals surface area contributed by atoms with Crippen LogP contribution in [0, 0.1) is 5.82 Å². The lowest BCUT2D eigenvalue weighted by molar-refractivity contribution is 0.0370. The van der Waals surface area contributed by atoms with Crippen LogP contribution in [-0.4, -0.2) is 56.2 Å². The maximum absolute atomic E-state index is 13.3. The third-order valence-electron chi connectivity index (χ3n) is 5.65. The largest absolute Gasteiger partial charge is 0.340 e. The molecule has 1 fully saturated rings. The highest BCUT2D eigenvalue weighted by atomic mass is 19.1. The van der Waals surface area contributed by atoms with Gasteiger partial charge < -0.3 is 14.8 Å². The van der Waals surface area contributed by atoms with Crippen molar-refractivity contribution in [3.8, 4) is 0 Å². The van der Waals surface area contributed by atoms with Crippen molar-refractivity contribution in [2.45, 2.75) is 6.04 Å². The number of imidazole rings is 1. The molecule has 0 aliphatic carbocycles. The molecule has 1 unspecified atom stereocenters. The van der Waals surface area contributed by atoms with E-state index in [4.69, 9.17) is 0 Å². The first kappa shape index (κ1) is 19.9. The van der Waals surface area contributed by atoms with Crippen LogP contribution in [-0.2, 0) is 0 Å². The van der Waals surface area contributed by atoms with Crippen LogP contribution in [0.15, 0.2) is 73.1 Å². The average Bonchev–Trinajstić information content (AvgIpc) is 3.28. The van der Waals surface area contributed by atoms with E-state index in [0.717, 1.165) is 11.0 Å². The molecule has 0 radical (unpaired) electrons. The van der Waals surface area contributed by atoms with Gasteiger partial charge in [0.15, 0.2) is 0 Å². The molecule has 8 heteroatoms. The van der Waals surface area contributed by atoms with E-state index >= 15 is 0 Å². The molecule has 1 atom stereocenters. The van der Waals surface area contributed by atoms with Crippen LogP contribution in [0.4, 0.5) is 4.39 Å². The van der Waals surface area contributed by atoms with Crippen LogP contribution >= 0.6 is 0 Å². The van der Waals surface area contributed by atoms with Crippen LogP contribution in [0.3, 0.4) is 0 Å². The number of hydrogen-bond acceptors (Lipinski definition) is 4. The monoisotopic (exact) mass is 429 g/mol. The first-order valence-corrected chi connectivity index (χ1v) is 10.3. The summed E-state index contributed by atoms with van der Waals surface area (Å²) in [6.45, 7) is 0.962. The number of aromatic amines is 1. The zero-order chi connectivity index (χ0) is 22.1. The molecule has 1 saturated heterocycles. The Hall–Kier alpha value is -4.07. The van der Waals surface area contributed by atoms with Crippen LogP contribution in [0.5, 0.6) is 0 Å². The number of rotatable bonds is 3. The zero-order valence-corrected chi connectivity index (χ0v) is 17.1. The summed E-state index contributed by atoms with van der Waals surface area (Å²) in [5.74, 6) is -0.161. The smallest absolute Gasteiger partial charge is 0.256 e. The Morgan fingerprint density at radius 2 is 1.75 bits per heavy atom. The molecule has 2 amide bonds. The van der Waals surface area contributed by atoms with Crippen molar-refractivity contribution in [2.75, 3.05) is 19.6 Å². The molecule has 32 heavy (non-hydrogen) atoms. The fourth-order valence-corrected chi connectivity index (χ4v) is 4.00. The second kappa shape index (κ2) is 8.22. The zero-order valence-electron chi connectivity index (χ0n) is 17.1. The number of carbonyl (C=O) groups is 2. The SMILES string of the molecule is O=C(c1ccc(F)cc1)N1CCN(C(=O)c2cccnc2)C(c2nc3ccccc3[nH]2)C1. The summed E-state index contributed by atoms with van der Waals surface area (Å²) in [5, 5.41) is 0. The number of amides is 2. The van der Waals surface area contributed by atoms with Crippen LogP contribution in [0.1, 0.15) is 32.6 Å². The maximum Gasteiger partial charge on any atom is 0.256 e.